The molecular formula is C24H28N2O5S. The zero-order chi connectivity index (χ0) is 23.3. The molecule has 3 rings (SSSR count). The fourth-order valence-electron chi connectivity index (χ4n) is 3.61. The maximum absolute atomic E-state index is 13.7. The highest BCUT2D eigenvalue weighted by atomic mass is 32.2. The summed E-state index contributed by atoms with van der Waals surface area (Å²) in [4.78, 5) is 17.1. The van der Waals surface area contributed by atoms with Gasteiger partial charge in [0.1, 0.15) is 5.82 Å². The maximum atomic E-state index is 13.7. The van der Waals surface area contributed by atoms with Gasteiger partial charge in [-0.1, -0.05) is 61.4 Å². The highest BCUT2D eigenvalue weighted by Gasteiger charge is 2.31. The fourth-order valence-corrected chi connectivity index (χ4v) is 4.95. The van der Waals surface area contributed by atoms with Crippen molar-refractivity contribution in [2.24, 2.45) is 0 Å². The molecule has 0 fully saturated rings. The number of benzene rings is 2. The number of sulfone groups is 1. The molecule has 0 amide bonds. The first-order valence-corrected chi connectivity index (χ1v) is 12.0. The topological polar surface area (TPSA) is 98.5 Å². The Labute approximate surface area is 188 Å². The van der Waals surface area contributed by atoms with Gasteiger partial charge in [-0.05, 0) is 31.0 Å². The molecule has 0 bridgehead atoms. The van der Waals surface area contributed by atoms with Gasteiger partial charge in [0, 0.05) is 13.5 Å². The highest BCUT2D eigenvalue weighted by Crippen LogP contribution is 2.28. The number of aromatic hydroxyl groups is 1. The summed E-state index contributed by atoms with van der Waals surface area (Å²) in [5.74, 6) is -0.453. The van der Waals surface area contributed by atoms with Crippen LogP contribution in [0.3, 0.4) is 0 Å². The Morgan fingerprint density at radius 1 is 1.09 bits per heavy atom. The van der Waals surface area contributed by atoms with E-state index in [4.69, 9.17) is 4.74 Å². The maximum Gasteiger partial charge on any atom is 0.277 e. The third-order valence-corrected chi connectivity index (χ3v) is 7.09. The predicted molar refractivity (Wildman–Crippen MR) is 122 cm³/mol. The Morgan fingerprint density at radius 3 is 2.34 bits per heavy atom. The molecule has 7 nitrogen and oxygen atoms in total. The van der Waals surface area contributed by atoms with Gasteiger partial charge in [-0.25, -0.2) is 8.42 Å². The van der Waals surface area contributed by atoms with Gasteiger partial charge in [-0.15, -0.1) is 0 Å². The molecule has 0 aliphatic rings. The molecule has 32 heavy (non-hydrogen) atoms. The summed E-state index contributed by atoms with van der Waals surface area (Å²) in [6.07, 6.45) is 1.99. The van der Waals surface area contributed by atoms with Crippen LogP contribution in [0.2, 0.25) is 0 Å². The number of aromatic nitrogens is 2. The van der Waals surface area contributed by atoms with Crippen LogP contribution in [0.15, 0.2) is 69.2 Å². The monoisotopic (exact) mass is 456 g/mol. The van der Waals surface area contributed by atoms with Gasteiger partial charge in [-0.2, -0.15) is 4.98 Å². The molecule has 8 heteroatoms. The molecule has 0 aliphatic heterocycles. The number of ether oxygens (including phenoxy) is 1. The summed E-state index contributed by atoms with van der Waals surface area (Å²) in [6.45, 7) is 3.97. The molecule has 1 N–H and O–H groups in total. The van der Waals surface area contributed by atoms with Crippen LogP contribution in [0.1, 0.15) is 42.8 Å². The molecular weight excluding hydrogens is 428 g/mol. The third-order valence-electron chi connectivity index (χ3n) is 5.30. The zero-order valence-electron chi connectivity index (χ0n) is 18.5. The Hall–Kier alpha value is -2.97. The summed E-state index contributed by atoms with van der Waals surface area (Å²) in [5.41, 5.74) is 0.846. The standard InChI is InChI=1S/C24H28N2O5S/c1-4-5-11-21-25-23(27)22(32(29,30)19-14-12-17(2)13-15-19)24(28)26(21)20(16-31-3)18-9-7-6-8-10-18/h6-10,12-15,20,27H,4-5,11,16H2,1-3H3. The van der Waals surface area contributed by atoms with Gasteiger partial charge in [0.2, 0.25) is 15.7 Å². The summed E-state index contributed by atoms with van der Waals surface area (Å²) in [5, 5.41) is 10.6. The molecule has 1 atom stereocenters. The molecule has 1 heterocycles. The van der Waals surface area contributed by atoms with Crippen LogP contribution < -0.4 is 5.56 Å². The first kappa shape index (κ1) is 23.7. The minimum atomic E-state index is -4.29. The van der Waals surface area contributed by atoms with Crippen LogP contribution >= 0.6 is 0 Å². The minimum absolute atomic E-state index is 0.0758. The smallest absolute Gasteiger partial charge is 0.277 e. The van der Waals surface area contributed by atoms with Gasteiger partial charge in [0.15, 0.2) is 4.90 Å². The molecule has 1 aromatic heterocycles. The Kier molecular flexibility index (Phi) is 7.48. The van der Waals surface area contributed by atoms with Gasteiger partial charge < -0.3 is 9.84 Å². The summed E-state index contributed by atoms with van der Waals surface area (Å²) < 4.78 is 33.4. The van der Waals surface area contributed by atoms with E-state index in [9.17, 15) is 18.3 Å². The lowest BCUT2D eigenvalue weighted by atomic mass is 10.1. The number of methoxy groups -OCH3 is 1. The van der Waals surface area contributed by atoms with E-state index in [0.29, 0.717) is 12.2 Å². The normalized spacial score (nSPS) is 12.6. The lowest BCUT2D eigenvalue weighted by molar-refractivity contribution is 0.165. The van der Waals surface area contributed by atoms with Gasteiger partial charge >= 0.3 is 0 Å². The molecule has 0 aliphatic carbocycles. The molecule has 0 radical (unpaired) electrons. The molecule has 0 saturated heterocycles. The largest absolute Gasteiger partial charge is 0.492 e. The van der Waals surface area contributed by atoms with Gasteiger partial charge in [-0.3, -0.25) is 9.36 Å². The van der Waals surface area contributed by atoms with Crippen molar-refractivity contribution in [3.05, 3.63) is 81.9 Å². The van der Waals surface area contributed by atoms with Crippen LogP contribution in [0, 0.1) is 6.92 Å². The number of rotatable bonds is 9. The molecule has 170 valence electrons. The number of nitrogens with zero attached hydrogens (tertiary/aromatic N) is 2. The van der Waals surface area contributed by atoms with E-state index < -0.39 is 32.2 Å². The Balaban J connectivity index is 2.30. The Bertz CT molecular complexity index is 1220. The van der Waals surface area contributed by atoms with E-state index in [0.717, 1.165) is 24.0 Å². The average molecular weight is 457 g/mol. The van der Waals surface area contributed by atoms with Crippen molar-refractivity contribution in [3.8, 4) is 5.88 Å². The molecule has 0 saturated carbocycles. The summed E-state index contributed by atoms with van der Waals surface area (Å²) >= 11 is 0. The third kappa shape index (κ3) is 4.76. The molecule has 2 aromatic carbocycles. The van der Waals surface area contributed by atoms with Crippen LogP contribution in [0.4, 0.5) is 0 Å². The fraction of sp³-hybridized carbons (Fsp3) is 0.333. The van der Waals surface area contributed by atoms with E-state index in [2.05, 4.69) is 4.98 Å². The average Bonchev–Trinajstić information content (AvgIpc) is 2.77. The van der Waals surface area contributed by atoms with Crippen molar-refractivity contribution >= 4 is 9.84 Å². The van der Waals surface area contributed by atoms with Gasteiger partial charge in [0.05, 0.1) is 17.5 Å². The quantitative estimate of drug-likeness (QED) is 0.528. The number of aryl methyl sites for hydroxylation is 2. The number of unbranched alkanes of at least 4 members (excludes halogenated alkanes) is 1. The molecule has 1 unspecified atom stereocenters. The second-order valence-electron chi connectivity index (χ2n) is 7.66. The van der Waals surface area contributed by atoms with E-state index in [1.165, 1.54) is 23.8 Å². The first-order chi connectivity index (χ1) is 15.3. The van der Waals surface area contributed by atoms with Crippen LogP contribution in [0.25, 0.3) is 0 Å². The summed E-state index contributed by atoms with van der Waals surface area (Å²) in [6, 6.07) is 14.8. The predicted octanol–water partition coefficient (Wildman–Crippen LogP) is 3.67. The number of hydrogen-bond acceptors (Lipinski definition) is 6. The van der Waals surface area contributed by atoms with Crippen molar-refractivity contribution in [3.63, 3.8) is 0 Å². The van der Waals surface area contributed by atoms with Crippen LogP contribution in [-0.2, 0) is 21.0 Å². The van der Waals surface area contributed by atoms with Crippen molar-refractivity contribution in [2.75, 3.05) is 13.7 Å². The lowest BCUT2D eigenvalue weighted by Gasteiger charge is -2.24. The first-order valence-electron chi connectivity index (χ1n) is 10.5. The second kappa shape index (κ2) is 10.1. The highest BCUT2D eigenvalue weighted by molar-refractivity contribution is 7.91. The SMILES string of the molecule is CCCCc1nc(O)c(S(=O)(=O)c2ccc(C)cc2)c(=O)n1C(COC)c1ccccc1. The second-order valence-corrected chi connectivity index (χ2v) is 9.54. The zero-order valence-corrected chi connectivity index (χ0v) is 19.3. The van der Waals surface area contributed by atoms with Crippen molar-refractivity contribution < 1.29 is 18.3 Å². The van der Waals surface area contributed by atoms with E-state index in [1.54, 1.807) is 12.1 Å². The van der Waals surface area contributed by atoms with Crippen molar-refractivity contribution in [2.45, 2.75) is 48.9 Å². The van der Waals surface area contributed by atoms with E-state index in [-0.39, 0.29) is 11.5 Å². The van der Waals surface area contributed by atoms with Crippen molar-refractivity contribution in [1.82, 2.24) is 9.55 Å². The molecule has 0 spiro atoms. The Morgan fingerprint density at radius 2 is 1.75 bits per heavy atom. The molecule has 3 aromatic rings. The summed E-state index contributed by atoms with van der Waals surface area (Å²) in [7, 11) is -2.78. The lowest BCUT2D eigenvalue weighted by Crippen LogP contribution is -2.35. The van der Waals surface area contributed by atoms with Gasteiger partial charge in [0.25, 0.3) is 5.56 Å². The van der Waals surface area contributed by atoms with Crippen molar-refractivity contribution in [1.29, 1.82) is 0 Å². The number of hydrogen-bond donors (Lipinski definition) is 1. The van der Waals surface area contributed by atoms with Crippen LogP contribution in [-0.4, -0.2) is 36.8 Å². The van der Waals surface area contributed by atoms with Crippen LogP contribution in [0.5, 0.6) is 5.88 Å². The minimum Gasteiger partial charge on any atom is -0.492 e. The van der Waals surface area contributed by atoms with E-state index in [1.807, 2.05) is 44.2 Å². The van der Waals surface area contributed by atoms with E-state index >= 15 is 0 Å².